The molecule has 1 heterocycles. The van der Waals surface area contributed by atoms with E-state index in [9.17, 15) is 54.0 Å². The van der Waals surface area contributed by atoms with E-state index in [1.165, 1.54) is 48.5 Å². The Bertz CT molecular complexity index is 2180. The van der Waals surface area contributed by atoms with Crippen LogP contribution in [0.3, 0.4) is 0 Å². The number of rotatable bonds is 18. The Hall–Kier alpha value is -6.28. The van der Waals surface area contributed by atoms with Gasteiger partial charge in [-0.2, -0.15) is 0 Å². The maximum absolute atomic E-state index is 13.5. The number of aliphatic hydroxyl groups is 4. The summed E-state index contributed by atoms with van der Waals surface area (Å²) >= 11 is 1.00. The molecule has 0 aliphatic carbocycles. The second-order valence-electron chi connectivity index (χ2n) is 14.1. The van der Waals surface area contributed by atoms with Crippen LogP contribution in [0.5, 0.6) is 0 Å². The van der Waals surface area contributed by atoms with Crippen LogP contribution in [-0.4, -0.2) is 122 Å². The van der Waals surface area contributed by atoms with Gasteiger partial charge in [0.1, 0.15) is 30.4 Å². The molecule has 5 rings (SSSR count). The van der Waals surface area contributed by atoms with Crippen LogP contribution in [0, 0.1) is 0 Å². The van der Waals surface area contributed by atoms with Crippen LogP contribution in [0.25, 0.3) is 0 Å². The van der Waals surface area contributed by atoms with Crippen molar-refractivity contribution >= 4 is 52.9 Å². The van der Waals surface area contributed by atoms with Gasteiger partial charge >= 0.3 is 0 Å². The number of ether oxygens (including phenoxy) is 1. The highest BCUT2D eigenvalue weighted by Gasteiger charge is 2.44. The largest absolute Gasteiger partial charge is 0.394 e. The molecule has 0 radical (unpaired) electrons. The first-order valence-corrected chi connectivity index (χ1v) is 21.0. The Morgan fingerprint density at radius 3 is 1.56 bits per heavy atom. The van der Waals surface area contributed by atoms with Crippen molar-refractivity contribution in [2.75, 3.05) is 19.0 Å². The van der Waals surface area contributed by atoms with Crippen LogP contribution >= 0.6 is 11.8 Å². The van der Waals surface area contributed by atoms with Gasteiger partial charge in [0.05, 0.1) is 17.7 Å². The van der Waals surface area contributed by atoms with Crippen molar-refractivity contribution in [2.45, 2.75) is 76.1 Å². The number of aliphatic hydroxyl groups excluding tert-OH is 4. The molecule has 4 aromatic carbocycles. The molecule has 7 atom stereocenters. The van der Waals surface area contributed by atoms with Gasteiger partial charge in [0.15, 0.2) is 17.9 Å². The van der Waals surface area contributed by atoms with E-state index in [1.807, 2.05) is 0 Å². The first-order valence-electron chi connectivity index (χ1n) is 20.0. The number of ketones is 2. The third-order valence-corrected chi connectivity index (χ3v) is 11.0. The average molecular weight is 902 g/mol. The minimum atomic E-state index is -1.71. The first-order chi connectivity index (χ1) is 30.2. The van der Waals surface area contributed by atoms with E-state index in [0.717, 1.165) is 11.8 Å². The summed E-state index contributed by atoms with van der Waals surface area (Å²) in [6.45, 7) is 2.40. The summed E-state index contributed by atoms with van der Waals surface area (Å²) in [6, 6.07) is 26.3. The van der Waals surface area contributed by atoms with Gasteiger partial charge in [0.2, 0.25) is 17.7 Å². The fourth-order valence-electron chi connectivity index (χ4n) is 6.03. The van der Waals surface area contributed by atoms with Crippen LogP contribution in [-0.2, 0) is 19.1 Å². The average Bonchev–Trinajstić information content (AvgIpc) is 3.31. The smallest absolute Gasteiger partial charge is 0.251 e. The number of amides is 5. The number of hydrogen-bond donors (Lipinski definition) is 9. The van der Waals surface area contributed by atoms with Crippen molar-refractivity contribution in [3.8, 4) is 0 Å². The molecule has 1 saturated heterocycles. The fourth-order valence-corrected chi connectivity index (χ4v) is 6.91. The molecular formula is C46H55N5O12S. The Kier molecular flexibility index (Phi) is 20.9. The van der Waals surface area contributed by atoms with Gasteiger partial charge in [0.25, 0.3) is 11.8 Å². The van der Waals surface area contributed by atoms with Gasteiger partial charge in [-0.1, -0.05) is 106 Å². The van der Waals surface area contributed by atoms with E-state index in [1.54, 1.807) is 74.5 Å². The van der Waals surface area contributed by atoms with Crippen molar-refractivity contribution in [1.29, 1.82) is 0 Å². The minimum absolute atomic E-state index is 0. The maximum Gasteiger partial charge on any atom is 0.251 e. The predicted octanol–water partition coefficient (Wildman–Crippen LogP) is 1.70. The van der Waals surface area contributed by atoms with Gasteiger partial charge in [0, 0.05) is 46.3 Å². The second-order valence-corrected chi connectivity index (χ2v) is 15.3. The normalized spacial score (nSPS) is 18.6. The van der Waals surface area contributed by atoms with Gasteiger partial charge < -0.3 is 52.2 Å². The lowest BCUT2D eigenvalue weighted by atomic mass is 9.97. The highest BCUT2D eigenvalue weighted by molar-refractivity contribution is 8.00. The topological polar surface area (TPSA) is 284 Å². The molecule has 17 nitrogen and oxygen atoms in total. The van der Waals surface area contributed by atoms with Crippen LogP contribution in [0.15, 0.2) is 109 Å². The molecule has 0 saturated carbocycles. The zero-order valence-electron chi connectivity index (χ0n) is 34.5. The Labute approximate surface area is 375 Å². The van der Waals surface area contributed by atoms with E-state index < -0.39 is 72.2 Å². The molecule has 18 heteroatoms. The molecule has 64 heavy (non-hydrogen) atoms. The Morgan fingerprint density at radius 2 is 1.11 bits per heavy atom. The molecule has 0 spiro atoms. The molecule has 0 bridgehead atoms. The van der Waals surface area contributed by atoms with Gasteiger partial charge in [-0.3, -0.25) is 33.6 Å². The van der Waals surface area contributed by atoms with E-state index in [2.05, 4.69) is 27.0 Å². The zero-order valence-corrected chi connectivity index (χ0v) is 35.3. The Morgan fingerprint density at radius 1 is 0.656 bits per heavy atom. The molecule has 0 aromatic heterocycles. The number of carbonyl (C=O) groups excluding carboxylic acids is 7. The molecule has 1 aliphatic rings. The van der Waals surface area contributed by atoms with Crippen molar-refractivity contribution in [1.82, 2.24) is 21.3 Å². The molecule has 4 aromatic rings. The number of primary amides is 1. The summed E-state index contributed by atoms with van der Waals surface area (Å²) in [6.07, 6.45) is -5.47. The summed E-state index contributed by atoms with van der Waals surface area (Å²) in [4.78, 5) is 88.5. The molecule has 1 fully saturated rings. The summed E-state index contributed by atoms with van der Waals surface area (Å²) in [7, 11) is 0. The number of benzene rings is 4. The first kappa shape index (κ1) is 52.1. The number of carbonyl (C=O) groups is 7. The minimum Gasteiger partial charge on any atom is -0.394 e. The van der Waals surface area contributed by atoms with Gasteiger partial charge in [-0.15, -0.1) is 11.8 Å². The summed E-state index contributed by atoms with van der Waals surface area (Å²) < 4.78 is 5.11. The second kappa shape index (κ2) is 25.7. The van der Waals surface area contributed by atoms with E-state index in [0.29, 0.717) is 28.7 Å². The number of nitrogens with two attached hydrogens (primary N) is 1. The lowest BCUT2D eigenvalue weighted by molar-refractivity contribution is -0.253. The van der Waals surface area contributed by atoms with E-state index in [4.69, 9.17) is 4.74 Å². The maximum atomic E-state index is 13.5. The van der Waals surface area contributed by atoms with E-state index in [-0.39, 0.29) is 54.9 Å². The molecule has 10 N–H and O–H groups in total. The fraction of sp³-hybridized carbons (Fsp3) is 0.326. The molecule has 5 amide bonds. The quantitative estimate of drug-likeness (QED) is 0.0509. The van der Waals surface area contributed by atoms with Gasteiger partial charge in [-0.05, 0) is 30.7 Å². The molecular weight excluding hydrogens is 847 g/mol. The van der Waals surface area contributed by atoms with Crippen LogP contribution in [0.2, 0.25) is 0 Å². The van der Waals surface area contributed by atoms with Crippen molar-refractivity contribution in [2.24, 2.45) is 5.73 Å². The van der Waals surface area contributed by atoms with Crippen molar-refractivity contribution < 1.29 is 58.7 Å². The molecule has 7 unspecified atom stereocenters. The van der Waals surface area contributed by atoms with Crippen molar-refractivity contribution in [3.05, 3.63) is 143 Å². The Balaban J connectivity index is 0.00000172. The highest BCUT2D eigenvalue weighted by Crippen LogP contribution is 2.22. The predicted molar refractivity (Wildman–Crippen MR) is 239 cm³/mol. The summed E-state index contributed by atoms with van der Waals surface area (Å²) in [5.74, 6) is -3.45. The lowest BCUT2D eigenvalue weighted by Gasteiger charge is -2.40. The number of thioether (sulfide) groups is 1. The van der Waals surface area contributed by atoms with Crippen LogP contribution in [0.4, 0.5) is 0 Å². The van der Waals surface area contributed by atoms with Crippen LogP contribution < -0.4 is 27.0 Å². The summed E-state index contributed by atoms with van der Waals surface area (Å²) in [5, 5.41) is 49.8. The molecule has 342 valence electrons. The third kappa shape index (κ3) is 14.6. The highest BCUT2D eigenvalue weighted by atomic mass is 32.2. The number of nitrogens with one attached hydrogen (secondary N) is 4. The standard InChI is InChI=1S/C42H44N4O11S.C3H7NO.CH4/c1-2-32(41(55)46-33-37(51)36(50)31(22-47)57-42(33)56)58-23-44-40(54)30(45-39(53)29-19-15-27(16-20-29)35(49)25-11-7-4-8-12-25)21-43-38(52)28-17-13-26(14-18-28)34(48)24-9-5-3-6-10-24;1-2-3(4)5;/h3-20,30-33,36-37,42,47,50-51,56H,2,21-23H2,1H3,(H,43,52)(H,44,54)(H,45,53)(H,46,55);2H2,1H3,(H2,4,5);1H4. The van der Waals surface area contributed by atoms with Gasteiger partial charge in [-0.25, -0.2) is 0 Å². The number of hydrogen-bond acceptors (Lipinski definition) is 13. The third-order valence-electron chi connectivity index (χ3n) is 9.73. The van der Waals surface area contributed by atoms with Crippen molar-refractivity contribution in [3.63, 3.8) is 0 Å². The molecule has 1 aliphatic heterocycles. The lowest BCUT2D eigenvalue weighted by Crippen LogP contribution is -2.64. The van der Waals surface area contributed by atoms with E-state index >= 15 is 0 Å². The summed E-state index contributed by atoms with van der Waals surface area (Å²) in [5.41, 5.74) is 6.65. The zero-order chi connectivity index (χ0) is 46.1. The SMILES string of the molecule is C.CCC(N)=O.CCC(SCNC(=O)C(CNC(=O)c1ccc(C(=O)c2ccccc2)cc1)NC(=O)c1ccc(C(=O)c2ccccc2)cc1)C(=O)NC1C(O)OC(CO)C(O)C1O. The monoisotopic (exact) mass is 901 g/mol. The van der Waals surface area contributed by atoms with Crippen LogP contribution in [0.1, 0.15) is 86.7 Å².